The normalized spacial score (nSPS) is 9.27. The van der Waals surface area contributed by atoms with Crippen LogP contribution in [-0.4, -0.2) is 18.4 Å². The fourth-order valence-electron chi connectivity index (χ4n) is 0.679. The summed E-state index contributed by atoms with van der Waals surface area (Å²) in [4.78, 5) is 10.8. The maximum absolute atomic E-state index is 10.8. The molecule has 0 rings (SSSR count). The van der Waals surface area contributed by atoms with Crippen molar-refractivity contribution in [3.8, 4) is 0 Å². The van der Waals surface area contributed by atoms with Gasteiger partial charge >= 0.3 is 5.97 Å². The second kappa shape index (κ2) is 6.40. The van der Waals surface area contributed by atoms with E-state index in [4.69, 9.17) is 0 Å². The van der Waals surface area contributed by atoms with Gasteiger partial charge in [-0.25, -0.2) is 4.79 Å². The Morgan fingerprint density at radius 3 is 2.64 bits per heavy atom. The van der Waals surface area contributed by atoms with Crippen molar-refractivity contribution in [2.45, 2.75) is 19.3 Å². The molecule has 0 aromatic rings. The van der Waals surface area contributed by atoms with Crippen molar-refractivity contribution in [2.24, 2.45) is 0 Å². The fraction of sp³-hybridized carbons (Fsp3) is 0.625. The molecule has 0 aromatic heterocycles. The highest BCUT2D eigenvalue weighted by atomic mass is 79.9. The number of carbonyl (C=O) groups excluding carboxylic acids is 1. The maximum Gasteiger partial charge on any atom is 0.333 e. The van der Waals surface area contributed by atoms with Gasteiger partial charge in [0.25, 0.3) is 0 Å². The number of alkyl halides is 1. The lowest BCUT2D eigenvalue weighted by Crippen LogP contribution is -2.03. The molecule has 0 aromatic carbocycles. The first-order chi connectivity index (χ1) is 5.22. The van der Waals surface area contributed by atoms with Crippen LogP contribution < -0.4 is 0 Å². The summed E-state index contributed by atoms with van der Waals surface area (Å²) in [6, 6.07) is 0. The molecule has 0 aliphatic rings. The number of carbonyl (C=O) groups is 1. The number of methoxy groups -OCH3 is 1. The van der Waals surface area contributed by atoms with Gasteiger partial charge in [0.2, 0.25) is 0 Å². The molecule has 0 saturated carbocycles. The molecule has 64 valence electrons. The van der Waals surface area contributed by atoms with Crippen molar-refractivity contribution >= 4 is 21.9 Å². The average molecular weight is 221 g/mol. The van der Waals surface area contributed by atoms with E-state index in [1.165, 1.54) is 7.11 Å². The van der Waals surface area contributed by atoms with Crippen LogP contribution in [0.25, 0.3) is 0 Å². The Bertz CT molecular complexity index is 143. The lowest BCUT2D eigenvalue weighted by Gasteiger charge is -2.01. The quantitative estimate of drug-likeness (QED) is 0.308. The summed E-state index contributed by atoms with van der Waals surface area (Å²) >= 11 is 3.31. The lowest BCUT2D eigenvalue weighted by molar-refractivity contribution is -0.136. The summed E-state index contributed by atoms with van der Waals surface area (Å²) in [7, 11) is 1.37. The van der Waals surface area contributed by atoms with E-state index in [9.17, 15) is 4.79 Å². The van der Waals surface area contributed by atoms with Crippen molar-refractivity contribution in [2.75, 3.05) is 12.4 Å². The third-order valence-electron chi connectivity index (χ3n) is 1.34. The summed E-state index contributed by atoms with van der Waals surface area (Å²) < 4.78 is 4.49. The molecule has 0 fully saturated rings. The van der Waals surface area contributed by atoms with Crippen LogP contribution in [0.5, 0.6) is 0 Å². The Kier molecular flexibility index (Phi) is 6.22. The predicted octanol–water partition coefficient (Wildman–Crippen LogP) is 2.28. The summed E-state index contributed by atoms with van der Waals surface area (Å²) in [5.74, 6) is -0.292. The Balaban J connectivity index is 3.44. The number of rotatable bonds is 5. The fourth-order valence-corrected chi connectivity index (χ4v) is 1.08. The Labute approximate surface area is 75.7 Å². The van der Waals surface area contributed by atoms with E-state index >= 15 is 0 Å². The Hall–Kier alpha value is -0.310. The van der Waals surface area contributed by atoms with Gasteiger partial charge in [0.1, 0.15) is 0 Å². The van der Waals surface area contributed by atoms with Crippen molar-refractivity contribution < 1.29 is 9.53 Å². The second-order valence-corrected chi connectivity index (χ2v) is 3.03. The molecule has 0 heterocycles. The largest absolute Gasteiger partial charge is 0.466 e. The van der Waals surface area contributed by atoms with Gasteiger partial charge in [0, 0.05) is 10.9 Å². The Morgan fingerprint density at radius 1 is 1.55 bits per heavy atom. The minimum absolute atomic E-state index is 0.292. The van der Waals surface area contributed by atoms with E-state index in [2.05, 4.69) is 27.2 Å². The Morgan fingerprint density at radius 2 is 2.18 bits per heavy atom. The third kappa shape index (κ3) is 5.01. The SMILES string of the molecule is C=C(CCCCBr)C(=O)OC. The molecule has 0 amide bonds. The molecule has 0 aliphatic heterocycles. The highest BCUT2D eigenvalue weighted by Gasteiger charge is 2.04. The van der Waals surface area contributed by atoms with Crippen LogP contribution in [-0.2, 0) is 9.53 Å². The van der Waals surface area contributed by atoms with Gasteiger partial charge < -0.3 is 4.74 Å². The summed E-state index contributed by atoms with van der Waals surface area (Å²) in [6.45, 7) is 3.61. The molecule has 11 heavy (non-hydrogen) atoms. The van der Waals surface area contributed by atoms with Crippen molar-refractivity contribution in [3.05, 3.63) is 12.2 Å². The molecule has 0 spiro atoms. The minimum atomic E-state index is -0.292. The molecule has 3 heteroatoms. The number of unbranched alkanes of at least 4 members (excludes halogenated alkanes) is 1. The van der Waals surface area contributed by atoms with E-state index in [-0.39, 0.29) is 5.97 Å². The van der Waals surface area contributed by atoms with E-state index in [1.54, 1.807) is 0 Å². The average Bonchev–Trinajstić information content (AvgIpc) is 2.03. The highest BCUT2D eigenvalue weighted by molar-refractivity contribution is 9.09. The molecular weight excluding hydrogens is 208 g/mol. The van der Waals surface area contributed by atoms with E-state index < -0.39 is 0 Å². The van der Waals surface area contributed by atoms with E-state index in [0.29, 0.717) is 5.57 Å². The van der Waals surface area contributed by atoms with Gasteiger partial charge in [-0.05, 0) is 19.3 Å². The van der Waals surface area contributed by atoms with Crippen LogP contribution in [0, 0.1) is 0 Å². The molecule has 0 bridgehead atoms. The first kappa shape index (κ1) is 10.7. The first-order valence-corrected chi connectivity index (χ1v) is 4.66. The van der Waals surface area contributed by atoms with Gasteiger partial charge in [-0.3, -0.25) is 0 Å². The number of esters is 1. The molecule has 0 atom stereocenters. The van der Waals surface area contributed by atoms with Crippen LogP contribution in [0.1, 0.15) is 19.3 Å². The van der Waals surface area contributed by atoms with Gasteiger partial charge in [-0.1, -0.05) is 22.5 Å². The molecular formula is C8H13BrO2. The summed E-state index contributed by atoms with van der Waals surface area (Å²) in [5.41, 5.74) is 0.563. The minimum Gasteiger partial charge on any atom is -0.466 e. The van der Waals surface area contributed by atoms with Crippen LogP contribution in [0.4, 0.5) is 0 Å². The van der Waals surface area contributed by atoms with Crippen molar-refractivity contribution in [1.82, 2.24) is 0 Å². The lowest BCUT2D eigenvalue weighted by atomic mass is 10.1. The van der Waals surface area contributed by atoms with Crippen molar-refractivity contribution in [3.63, 3.8) is 0 Å². The predicted molar refractivity (Wildman–Crippen MR) is 48.8 cm³/mol. The first-order valence-electron chi connectivity index (χ1n) is 3.54. The molecule has 0 N–H and O–H groups in total. The van der Waals surface area contributed by atoms with Gasteiger partial charge in [-0.15, -0.1) is 0 Å². The van der Waals surface area contributed by atoms with Crippen LogP contribution >= 0.6 is 15.9 Å². The van der Waals surface area contributed by atoms with Crippen LogP contribution in [0.15, 0.2) is 12.2 Å². The van der Waals surface area contributed by atoms with Crippen LogP contribution in [0.2, 0.25) is 0 Å². The van der Waals surface area contributed by atoms with E-state index in [1.807, 2.05) is 0 Å². The molecule has 0 aliphatic carbocycles. The topological polar surface area (TPSA) is 26.3 Å². The molecule has 0 radical (unpaired) electrons. The van der Waals surface area contributed by atoms with Crippen LogP contribution in [0.3, 0.4) is 0 Å². The zero-order chi connectivity index (χ0) is 8.69. The third-order valence-corrected chi connectivity index (χ3v) is 1.90. The molecule has 0 unspecified atom stereocenters. The monoisotopic (exact) mass is 220 g/mol. The highest BCUT2D eigenvalue weighted by Crippen LogP contribution is 2.07. The smallest absolute Gasteiger partial charge is 0.333 e. The molecule has 0 saturated heterocycles. The number of ether oxygens (including phenoxy) is 1. The number of hydrogen-bond acceptors (Lipinski definition) is 2. The van der Waals surface area contributed by atoms with Gasteiger partial charge in [0.05, 0.1) is 7.11 Å². The standard InChI is InChI=1S/C8H13BrO2/c1-7(8(10)11-2)5-3-4-6-9/h1,3-6H2,2H3. The zero-order valence-corrected chi connectivity index (χ0v) is 8.32. The molecule has 2 nitrogen and oxygen atoms in total. The maximum atomic E-state index is 10.8. The second-order valence-electron chi connectivity index (χ2n) is 2.24. The number of hydrogen-bond donors (Lipinski definition) is 0. The summed E-state index contributed by atoms with van der Waals surface area (Å²) in [6.07, 6.45) is 2.79. The number of halogens is 1. The van der Waals surface area contributed by atoms with Crippen molar-refractivity contribution in [1.29, 1.82) is 0 Å². The zero-order valence-electron chi connectivity index (χ0n) is 6.73. The van der Waals surface area contributed by atoms with Gasteiger partial charge in [0.15, 0.2) is 0 Å². The summed E-state index contributed by atoms with van der Waals surface area (Å²) in [5, 5.41) is 0.974. The van der Waals surface area contributed by atoms with E-state index in [0.717, 1.165) is 24.6 Å². The van der Waals surface area contributed by atoms with Gasteiger partial charge in [-0.2, -0.15) is 0 Å².